The fraction of sp³-hybridized carbons (Fsp3) is 0. The third-order valence-electron chi connectivity index (χ3n) is 0.774. The molecule has 8 nitrogen and oxygen atoms in total. The second-order valence-electron chi connectivity index (χ2n) is 1.33. The van der Waals surface area contributed by atoms with Crippen LogP contribution in [0.4, 0.5) is 19.2 Å². The van der Waals surface area contributed by atoms with Gasteiger partial charge >= 0.3 is 71.9 Å². The number of hydrogen-bond acceptors (Lipinski definition) is 4. The summed E-state index contributed by atoms with van der Waals surface area (Å²) in [5.74, 6) is 0. The minimum absolute atomic E-state index is 2.38. The van der Waals surface area contributed by atoms with Crippen LogP contribution in [0.1, 0.15) is 0 Å². The van der Waals surface area contributed by atoms with E-state index >= 15 is 0 Å². The summed E-state index contributed by atoms with van der Waals surface area (Å²) in [6.45, 7) is 0. The monoisotopic (exact) mass is 243 g/mol. The van der Waals surface area contributed by atoms with Gasteiger partial charge in [0.2, 0.25) is 0 Å². The molecule has 0 radical (unpaired) electrons. The third kappa shape index (κ3) is 1.46. The van der Waals surface area contributed by atoms with Gasteiger partial charge in [-0.3, -0.25) is 0 Å². The maximum absolute atomic E-state index is 10.2. The molecule has 13 heavy (non-hydrogen) atoms. The van der Waals surface area contributed by atoms with Crippen LogP contribution in [-0.2, 0) is 12.8 Å². The number of rotatable bonds is 4. The van der Waals surface area contributed by atoms with E-state index in [1.165, 1.54) is 0 Å². The van der Waals surface area contributed by atoms with Gasteiger partial charge in [-0.2, -0.15) is 0 Å². The molecule has 0 aliphatic heterocycles. The average molecular weight is 244 g/mol. The normalized spacial score (nSPS) is 11.7. The Morgan fingerprint density at radius 1 is 0.615 bits per heavy atom. The molecular formula is C4H4CuO8. The zero-order chi connectivity index (χ0) is 10.8. The summed E-state index contributed by atoms with van der Waals surface area (Å²) in [5, 5.41) is 32.9. The van der Waals surface area contributed by atoms with Gasteiger partial charge in [-0.1, -0.05) is 0 Å². The quantitative estimate of drug-likeness (QED) is 0.531. The standard InChI is InChI=1S/4CHO2.Cu/c4*2-1-3;/h4*(H,2,3);. The maximum atomic E-state index is 10.2. The van der Waals surface area contributed by atoms with Crippen LogP contribution in [0.2, 0.25) is 0 Å². The van der Waals surface area contributed by atoms with Gasteiger partial charge in [0.25, 0.3) is 0 Å². The van der Waals surface area contributed by atoms with E-state index < -0.39 is 32.3 Å². The van der Waals surface area contributed by atoms with E-state index in [2.05, 4.69) is 0 Å². The first-order valence-corrected chi connectivity index (χ1v) is 4.20. The van der Waals surface area contributed by atoms with Crippen LogP contribution < -0.4 is 0 Å². The van der Waals surface area contributed by atoms with Gasteiger partial charge < -0.3 is 0 Å². The molecule has 0 heterocycles. The van der Waals surface area contributed by atoms with Gasteiger partial charge in [-0.15, -0.1) is 0 Å². The van der Waals surface area contributed by atoms with Crippen molar-refractivity contribution in [2.75, 3.05) is 0 Å². The Balaban J connectivity index is 5.60. The SMILES string of the molecule is O=[C](O)[Cu]([C](=O)O)([C](=O)O)[C](=O)O. The molecule has 0 atom stereocenters. The van der Waals surface area contributed by atoms with Crippen molar-refractivity contribution in [1.82, 2.24) is 0 Å². The number of hydrogen-bond donors (Lipinski definition) is 4. The first kappa shape index (κ1) is 11.4. The molecule has 0 aromatic rings. The van der Waals surface area contributed by atoms with Crippen LogP contribution >= 0.6 is 0 Å². The van der Waals surface area contributed by atoms with Gasteiger partial charge in [0.05, 0.1) is 0 Å². The molecule has 0 fully saturated rings. The van der Waals surface area contributed by atoms with E-state index in [0.717, 1.165) is 0 Å². The summed E-state index contributed by atoms with van der Waals surface area (Å²) in [4.78, 5) is 31.4. The van der Waals surface area contributed by atoms with Crippen molar-refractivity contribution in [3.63, 3.8) is 0 Å². The molecule has 9 heteroatoms. The van der Waals surface area contributed by atoms with Crippen LogP contribution in [0, 0.1) is 0 Å². The molecule has 0 saturated heterocycles. The summed E-state index contributed by atoms with van der Waals surface area (Å²) < 4.78 is 0. The fourth-order valence-electron chi connectivity index (χ4n) is 0.331. The molecular weight excluding hydrogens is 240 g/mol. The predicted molar refractivity (Wildman–Crippen MR) is 32.1 cm³/mol. The molecule has 0 aromatic heterocycles. The number of carboxylic acid groups (broad SMARTS) is 4. The van der Waals surface area contributed by atoms with Crippen LogP contribution in [0.3, 0.4) is 0 Å². The van der Waals surface area contributed by atoms with E-state index in [1.54, 1.807) is 0 Å². The number of carbonyl (C=O) groups is 4. The molecule has 0 spiro atoms. The van der Waals surface area contributed by atoms with E-state index in [-0.39, 0.29) is 0 Å². The second kappa shape index (κ2) is 3.42. The Morgan fingerprint density at radius 2 is 0.769 bits per heavy atom. The van der Waals surface area contributed by atoms with E-state index in [9.17, 15) is 19.2 Å². The zero-order valence-corrected chi connectivity index (χ0v) is 6.67. The Bertz CT molecular complexity index is 231. The average Bonchev–Trinajstić information content (AvgIpc) is 1.82. The summed E-state index contributed by atoms with van der Waals surface area (Å²) in [5.41, 5.74) is 0. The predicted octanol–water partition coefficient (Wildman–Crippen LogP) is 0.852. The van der Waals surface area contributed by atoms with Gasteiger partial charge in [0.15, 0.2) is 0 Å². The van der Waals surface area contributed by atoms with Crippen molar-refractivity contribution in [2.45, 2.75) is 0 Å². The molecule has 0 rings (SSSR count). The van der Waals surface area contributed by atoms with Crippen LogP contribution in [-0.4, -0.2) is 39.9 Å². The molecule has 0 amide bonds. The Labute approximate surface area is 72.6 Å². The van der Waals surface area contributed by atoms with Crippen molar-refractivity contribution in [3.05, 3.63) is 0 Å². The van der Waals surface area contributed by atoms with E-state index in [0.29, 0.717) is 0 Å². The van der Waals surface area contributed by atoms with Gasteiger partial charge in [-0.05, 0) is 0 Å². The van der Waals surface area contributed by atoms with Crippen LogP contribution in [0.5, 0.6) is 0 Å². The molecule has 79 valence electrons. The van der Waals surface area contributed by atoms with Crippen LogP contribution in [0.15, 0.2) is 0 Å². The second-order valence-corrected chi connectivity index (χ2v) is 4.36. The Morgan fingerprint density at radius 3 is 0.769 bits per heavy atom. The molecule has 0 aliphatic carbocycles. The molecule has 0 unspecified atom stereocenters. The zero-order valence-electron chi connectivity index (χ0n) is 5.72. The first-order chi connectivity index (χ1) is 5.77. The summed E-state index contributed by atoms with van der Waals surface area (Å²) in [6.07, 6.45) is 0. The topological polar surface area (TPSA) is 149 Å². The first-order valence-electron chi connectivity index (χ1n) is 2.31. The van der Waals surface area contributed by atoms with Crippen LogP contribution in [0.25, 0.3) is 0 Å². The van der Waals surface area contributed by atoms with Crippen molar-refractivity contribution < 1.29 is 52.4 Å². The van der Waals surface area contributed by atoms with Crippen molar-refractivity contribution in [1.29, 1.82) is 0 Å². The molecule has 0 bridgehead atoms. The van der Waals surface area contributed by atoms with Crippen molar-refractivity contribution >= 4 is 19.5 Å². The van der Waals surface area contributed by atoms with E-state index in [4.69, 9.17) is 20.4 Å². The third-order valence-corrected chi connectivity index (χ3v) is 3.19. The van der Waals surface area contributed by atoms with Crippen molar-refractivity contribution in [2.24, 2.45) is 0 Å². The minimum atomic E-state index is -4.74. The summed E-state index contributed by atoms with van der Waals surface area (Å²) in [7, 11) is 0. The fourth-order valence-corrected chi connectivity index (χ4v) is 1.36. The Hall–Kier alpha value is -1.60. The molecule has 0 saturated carbocycles. The molecule has 4 N–H and O–H groups in total. The van der Waals surface area contributed by atoms with Gasteiger partial charge in [-0.25, -0.2) is 0 Å². The Kier molecular flexibility index (Phi) is 3.00. The molecule has 0 aliphatic rings. The van der Waals surface area contributed by atoms with Crippen molar-refractivity contribution in [3.8, 4) is 0 Å². The van der Waals surface area contributed by atoms with Gasteiger partial charge in [0.1, 0.15) is 0 Å². The molecule has 0 aromatic carbocycles. The van der Waals surface area contributed by atoms with Gasteiger partial charge in [0, 0.05) is 0 Å². The van der Waals surface area contributed by atoms with E-state index in [1.807, 2.05) is 0 Å². The summed E-state index contributed by atoms with van der Waals surface area (Å²) in [6, 6.07) is 0. The summed E-state index contributed by atoms with van der Waals surface area (Å²) >= 11 is -4.74.